The average Bonchev–Trinajstić information content (AvgIpc) is 2.77. The molecule has 1 aliphatic rings. The fourth-order valence-corrected chi connectivity index (χ4v) is 3.24. The Morgan fingerprint density at radius 2 is 2.24 bits per heavy atom. The molecule has 0 aromatic heterocycles. The number of hydrogen-bond acceptors (Lipinski definition) is 1. The van der Waals surface area contributed by atoms with Crippen LogP contribution in [0.4, 0.5) is 0 Å². The molecule has 94 valence electrons. The van der Waals surface area contributed by atoms with Gasteiger partial charge in [-0.1, -0.05) is 41.4 Å². The molecular weight excluding hydrogens is 274 g/mol. The SMILES string of the molecule is CCC1CCC(NC(C)c2cccc(Br)c2)C1. The van der Waals surface area contributed by atoms with Crippen LogP contribution in [0.5, 0.6) is 0 Å². The van der Waals surface area contributed by atoms with E-state index >= 15 is 0 Å². The van der Waals surface area contributed by atoms with Gasteiger partial charge in [0, 0.05) is 16.6 Å². The lowest BCUT2D eigenvalue weighted by Crippen LogP contribution is -2.29. The first-order valence-electron chi connectivity index (χ1n) is 6.70. The van der Waals surface area contributed by atoms with Gasteiger partial charge in [0.15, 0.2) is 0 Å². The minimum atomic E-state index is 0.452. The van der Waals surface area contributed by atoms with Gasteiger partial charge < -0.3 is 5.32 Å². The van der Waals surface area contributed by atoms with Gasteiger partial charge in [0.2, 0.25) is 0 Å². The second-order valence-electron chi connectivity index (χ2n) is 5.23. The summed E-state index contributed by atoms with van der Waals surface area (Å²) in [5.74, 6) is 0.946. The van der Waals surface area contributed by atoms with E-state index in [4.69, 9.17) is 0 Å². The van der Waals surface area contributed by atoms with Gasteiger partial charge in [-0.3, -0.25) is 0 Å². The van der Waals surface area contributed by atoms with Crippen LogP contribution in [-0.4, -0.2) is 6.04 Å². The van der Waals surface area contributed by atoms with Crippen molar-refractivity contribution in [2.75, 3.05) is 0 Å². The monoisotopic (exact) mass is 295 g/mol. The number of hydrogen-bond donors (Lipinski definition) is 1. The van der Waals surface area contributed by atoms with Crippen LogP contribution in [0.3, 0.4) is 0 Å². The van der Waals surface area contributed by atoms with Gasteiger partial charge in [-0.2, -0.15) is 0 Å². The Balaban J connectivity index is 1.91. The van der Waals surface area contributed by atoms with Crippen molar-refractivity contribution in [3.8, 4) is 0 Å². The second kappa shape index (κ2) is 6.01. The maximum absolute atomic E-state index is 3.77. The van der Waals surface area contributed by atoms with Crippen LogP contribution in [0, 0.1) is 5.92 Å². The first-order valence-corrected chi connectivity index (χ1v) is 7.50. The largest absolute Gasteiger partial charge is 0.307 e. The molecular formula is C15H22BrN. The van der Waals surface area contributed by atoms with E-state index in [-0.39, 0.29) is 0 Å². The summed E-state index contributed by atoms with van der Waals surface area (Å²) in [5, 5.41) is 3.77. The molecule has 0 radical (unpaired) electrons. The van der Waals surface area contributed by atoms with E-state index in [9.17, 15) is 0 Å². The molecule has 0 bridgehead atoms. The fourth-order valence-electron chi connectivity index (χ4n) is 2.82. The molecule has 0 saturated heterocycles. The molecule has 1 N–H and O–H groups in total. The summed E-state index contributed by atoms with van der Waals surface area (Å²) in [7, 11) is 0. The molecule has 0 spiro atoms. The maximum atomic E-state index is 3.77. The van der Waals surface area contributed by atoms with Crippen molar-refractivity contribution in [1.29, 1.82) is 0 Å². The van der Waals surface area contributed by atoms with Gasteiger partial charge in [-0.15, -0.1) is 0 Å². The van der Waals surface area contributed by atoms with Crippen LogP contribution >= 0.6 is 15.9 Å². The van der Waals surface area contributed by atoms with Crippen molar-refractivity contribution in [3.05, 3.63) is 34.3 Å². The van der Waals surface area contributed by atoms with Gasteiger partial charge in [0.1, 0.15) is 0 Å². The Kier molecular flexibility index (Phi) is 4.63. The van der Waals surface area contributed by atoms with Gasteiger partial charge in [0.05, 0.1) is 0 Å². The summed E-state index contributed by atoms with van der Waals surface area (Å²) in [4.78, 5) is 0. The average molecular weight is 296 g/mol. The van der Waals surface area contributed by atoms with E-state index < -0.39 is 0 Å². The minimum absolute atomic E-state index is 0.452. The Morgan fingerprint density at radius 3 is 2.88 bits per heavy atom. The molecule has 2 heteroatoms. The van der Waals surface area contributed by atoms with E-state index in [1.807, 2.05) is 0 Å². The van der Waals surface area contributed by atoms with E-state index in [0.29, 0.717) is 12.1 Å². The number of halogens is 1. The zero-order valence-corrected chi connectivity index (χ0v) is 12.3. The van der Waals surface area contributed by atoms with E-state index in [2.05, 4.69) is 59.4 Å². The molecule has 3 unspecified atom stereocenters. The summed E-state index contributed by atoms with van der Waals surface area (Å²) in [5.41, 5.74) is 1.37. The molecule has 1 aromatic carbocycles. The van der Waals surface area contributed by atoms with Gasteiger partial charge >= 0.3 is 0 Å². The topological polar surface area (TPSA) is 12.0 Å². The molecule has 2 rings (SSSR count). The molecule has 0 aliphatic heterocycles. The molecule has 0 amide bonds. The number of benzene rings is 1. The van der Waals surface area contributed by atoms with Crippen molar-refractivity contribution < 1.29 is 0 Å². The number of rotatable bonds is 4. The Hall–Kier alpha value is -0.340. The van der Waals surface area contributed by atoms with Crippen LogP contribution in [0.2, 0.25) is 0 Å². The van der Waals surface area contributed by atoms with Crippen LogP contribution in [0.15, 0.2) is 28.7 Å². The normalized spacial score (nSPS) is 26.1. The van der Waals surface area contributed by atoms with Crippen molar-refractivity contribution in [2.24, 2.45) is 5.92 Å². The van der Waals surface area contributed by atoms with Gasteiger partial charge in [-0.05, 0) is 49.8 Å². The van der Waals surface area contributed by atoms with Crippen molar-refractivity contribution in [3.63, 3.8) is 0 Å². The number of nitrogens with one attached hydrogen (secondary N) is 1. The fraction of sp³-hybridized carbons (Fsp3) is 0.600. The lowest BCUT2D eigenvalue weighted by atomic mass is 10.0. The molecule has 1 fully saturated rings. The maximum Gasteiger partial charge on any atom is 0.0294 e. The molecule has 0 heterocycles. The quantitative estimate of drug-likeness (QED) is 0.850. The van der Waals surface area contributed by atoms with Crippen LogP contribution in [0.1, 0.15) is 51.1 Å². The minimum Gasteiger partial charge on any atom is -0.307 e. The summed E-state index contributed by atoms with van der Waals surface area (Å²) < 4.78 is 1.17. The predicted octanol–water partition coefficient (Wildman–Crippen LogP) is 4.68. The first kappa shape index (κ1) is 13.1. The molecule has 1 nitrogen and oxygen atoms in total. The standard InChI is InChI=1S/C15H22BrN/c1-3-12-7-8-15(9-12)17-11(2)13-5-4-6-14(16)10-13/h4-6,10-12,15,17H,3,7-9H2,1-2H3. The predicted molar refractivity (Wildman–Crippen MR) is 77.1 cm³/mol. The Bertz CT molecular complexity index is 364. The molecule has 1 saturated carbocycles. The second-order valence-corrected chi connectivity index (χ2v) is 6.14. The van der Waals surface area contributed by atoms with Crippen molar-refractivity contribution in [2.45, 2.75) is 51.6 Å². The Morgan fingerprint density at radius 1 is 1.41 bits per heavy atom. The smallest absolute Gasteiger partial charge is 0.0294 e. The van der Waals surface area contributed by atoms with Crippen LogP contribution in [0.25, 0.3) is 0 Å². The third-order valence-corrected chi connectivity index (χ3v) is 4.45. The van der Waals surface area contributed by atoms with Gasteiger partial charge in [0.25, 0.3) is 0 Å². The molecule has 1 aromatic rings. The highest BCUT2D eigenvalue weighted by Crippen LogP contribution is 2.29. The van der Waals surface area contributed by atoms with E-state index in [1.54, 1.807) is 0 Å². The van der Waals surface area contributed by atoms with Crippen molar-refractivity contribution in [1.82, 2.24) is 5.32 Å². The summed E-state index contributed by atoms with van der Waals surface area (Å²) in [6.45, 7) is 4.58. The summed E-state index contributed by atoms with van der Waals surface area (Å²) >= 11 is 3.54. The summed E-state index contributed by atoms with van der Waals surface area (Å²) in [6.07, 6.45) is 5.44. The molecule has 3 atom stereocenters. The van der Waals surface area contributed by atoms with E-state index in [1.165, 1.54) is 35.7 Å². The first-order chi connectivity index (χ1) is 8.19. The highest BCUT2D eigenvalue weighted by Gasteiger charge is 2.24. The Labute approximate surface area is 113 Å². The lowest BCUT2D eigenvalue weighted by molar-refractivity contribution is 0.437. The lowest BCUT2D eigenvalue weighted by Gasteiger charge is -2.20. The highest BCUT2D eigenvalue weighted by molar-refractivity contribution is 9.10. The van der Waals surface area contributed by atoms with Crippen molar-refractivity contribution >= 4 is 15.9 Å². The zero-order valence-electron chi connectivity index (χ0n) is 10.7. The van der Waals surface area contributed by atoms with E-state index in [0.717, 1.165) is 5.92 Å². The van der Waals surface area contributed by atoms with Crippen LogP contribution in [-0.2, 0) is 0 Å². The van der Waals surface area contributed by atoms with Gasteiger partial charge in [-0.25, -0.2) is 0 Å². The summed E-state index contributed by atoms with van der Waals surface area (Å²) in [6, 6.07) is 9.78. The third kappa shape index (κ3) is 3.56. The zero-order chi connectivity index (χ0) is 12.3. The molecule has 17 heavy (non-hydrogen) atoms. The highest BCUT2D eigenvalue weighted by atomic mass is 79.9. The molecule has 1 aliphatic carbocycles. The third-order valence-electron chi connectivity index (χ3n) is 3.95. The van der Waals surface area contributed by atoms with Crippen LogP contribution < -0.4 is 5.32 Å².